The highest BCUT2D eigenvalue weighted by Gasteiger charge is 2.11. The molecule has 3 rings (SSSR count). The number of carbonyl (C=O) groups is 1. The predicted octanol–water partition coefficient (Wildman–Crippen LogP) is 5.16. The molecule has 0 aliphatic rings. The van der Waals surface area contributed by atoms with Gasteiger partial charge in [-0.2, -0.15) is 5.10 Å². The number of nitrogens with one attached hydrogen (secondary N) is 1. The van der Waals surface area contributed by atoms with Crippen LogP contribution in [0.4, 0.5) is 0 Å². The third-order valence-corrected chi connectivity index (χ3v) is 4.82. The Kier molecular flexibility index (Phi) is 7.32. The van der Waals surface area contributed by atoms with Gasteiger partial charge in [0.25, 0.3) is 5.91 Å². The molecule has 2 N–H and O–H groups in total. The molecule has 0 aromatic heterocycles. The maximum absolute atomic E-state index is 12.2. The van der Waals surface area contributed by atoms with Crippen LogP contribution in [-0.4, -0.2) is 24.3 Å². The normalized spacial score (nSPS) is 10.8. The van der Waals surface area contributed by atoms with Gasteiger partial charge in [0.15, 0.2) is 11.5 Å². The Hall–Kier alpha value is -3.03. The summed E-state index contributed by atoms with van der Waals surface area (Å²) >= 11 is 9.15. The van der Waals surface area contributed by atoms with Gasteiger partial charge in [-0.05, 0) is 59.7 Å². The second-order valence-corrected chi connectivity index (χ2v) is 7.54. The zero-order chi connectivity index (χ0) is 21.5. The monoisotopic (exact) mass is 488 g/mol. The Morgan fingerprint density at radius 1 is 1.13 bits per heavy atom. The van der Waals surface area contributed by atoms with Crippen LogP contribution in [-0.2, 0) is 6.61 Å². The molecule has 0 heterocycles. The van der Waals surface area contributed by atoms with E-state index in [0.717, 1.165) is 5.56 Å². The van der Waals surface area contributed by atoms with Crippen LogP contribution in [0, 0.1) is 0 Å². The largest absolute Gasteiger partial charge is 0.507 e. The van der Waals surface area contributed by atoms with Crippen molar-refractivity contribution in [1.82, 2.24) is 5.43 Å². The lowest BCUT2D eigenvalue weighted by Gasteiger charge is -2.11. The number of hydrogen-bond acceptors (Lipinski definition) is 5. The summed E-state index contributed by atoms with van der Waals surface area (Å²) in [5, 5.41) is 14.4. The number of amides is 1. The lowest BCUT2D eigenvalue weighted by molar-refractivity contribution is 0.0952. The number of carbonyl (C=O) groups excluding carboxylic acids is 1. The van der Waals surface area contributed by atoms with E-state index in [1.165, 1.54) is 18.3 Å². The van der Waals surface area contributed by atoms with Crippen molar-refractivity contribution >= 4 is 39.7 Å². The number of aromatic hydroxyl groups is 1. The highest BCUT2D eigenvalue weighted by molar-refractivity contribution is 9.10. The van der Waals surface area contributed by atoms with Crippen LogP contribution in [0.25, 0.3) is 0 Å². The fourth-order valence-corrected chi connectivity index (χ4v) is 3.03. The molecule has 6 nitrogen and oxygen atoms in total. The maximum atomic E-state index is 12.2. The first-order chi connectivity index (χ1) is 14.5. The number of hydrogen-bond donors (Lipinski definition) is 2. The summed E-state index contributed by atoms with van der Waals surface area (Å²) in [7, 11) is 1.54. The highest BCUT2D eigenvalue weighted by atomic mass is 79.9. The van der Waals surface area contributed by atoms with Crippen molar-refractivity contribution < 1.29 is 19.4 Å². The van der Waals surface area contributed by atoms with Crippen LogP contribution in [0.1, 0.15) is 21.5 Å². The van der Waals surface area contributed by atoms with Crippen LogP contribution >= 0.6 is 27.5 Å². The fraction of sp³-hybridized carbons (Fsp3) is 0.0909. The molecule has 154 valence electrons. The summed E-state index contributed by atoms with van der Waals surface area (Å²) in [6.07, 6.45) is 1.47. The van der Waals surface area contributed by atoms with E-state index in [4.69, 9.17) is 21.1 Å². The zero-order valence-electron chi connectivity index (χ0n) is 15.9. The molecule has 30 heavy (non-hydrogen) atoms. The van der Waals surface area contributed by atoms with Gasteiger partial charge in [0.05, 0.1) is 18.9 Å². The van der Waals surface area contributed by atoms with Gasteiger partial charge in [-0.3, -0.25) is 4.79 Å². The summed E-state index contributed by atoms with van der Waals surface area (Å²) in [5.41, 5.74) is 4.18. The molecule has 0 saturated heterocycles. The van der Waals surface area contributed by atoms with Crippen molar-refractivity contribution in [3.8, 4) is 17.2 Å². The van der Waals surface area contributed by atoms with E-state index in [1.54, 1.807) is 43.5 Å². The molecule has 0 fully saturated rings. The molecule has 0 saturated carbocycles. The molecule has 8 heteroatoms. The van der Waals surface area contributed by atoms with Crippen molar-refractivity contribution in [3.05, 3.63) is 86.8 Å². The van der Waals surface area contributed by atoms with Crippen molar-refractivity contribution in [2.75, 3.05) is 7.11 Å². The minimum absolute atomic E-state index is 0.116. The summed E-state index contributed by atoms with van der Waals surface area (Å²) in [5.74, 6) is 0.450. The van der Waals surface area contributed by atoms with Crippen molar-refractivity contribution in [3.63, 3.8) is 0 Å². The Morgan fingerprint density at radius 3 is 2.63 bits per heavy atom. The molecule has 3 aromatic carbocycles. The molecular formula is C22H18BrClN2O4. The molecule has 0 bridgehead atoms. The summed E-state index contributed by atoms with van der Waals surface area (Å²) in [6, 6.07) is 17.2. The van der Waals surface area contributed by atoms with Gasteiger partial charge >= 0.3 is 0 Å². The van der Waals surface area contributed by atoms with Gasteiger partial charge in [0.1, 0.15) is 12.4 Å². The predicted molar refractivity (Wildman–Crippen MR) is 120 cm³/mol. The first kappa shape index (κ1) is 21.7. The van der Waals surface area contributed by atoms with Gasteiger partial charge in [-0.25, -0.2) is 5.43 Å². The number of hydrazone groups is 1. The molecule has 0 aliphatic heterocycles. The van der Waals surface area contributed by atoms with E-state index < -0.39 is 5.91 Å². The number of benzene rings is 3. The lowest BCUT2D eigenvalue weighted by atomic mass is 10.2. The van der Waals surface area contributed by atoms with E-state index >= 15 is 0 Å². The summed E-state index contributed by atoms with van der Waals surface area (Å²) < 4.78 is 11.9. The van der Waals surface area contributed by atoms with Crippen molar-refractivity contribution in [2.45, 2.75) is 6.61 Å². The van der Waals surface area contributed by atoms with Crippen molar-refractivity contribution in [1.29, 1.82) is 0 Å². The van der Waals surface area contributed by atoms with E-state index in [0.29, 0.717) is 33.2 Å². The number of ether oxygens (including phenoxy) is 2. The number of nitrogens with zero attached hydrogens (tertiary/aromatic N) is 1. The van der Waals surface area contributed by atoms with Crippen LogP contribution in [0.3, 0.4) is 0 Å². The quantitative estimate of drug-likeness (QED) is 0.355. The third kappa shape index (κ3) is 5.75. The maximum Gasteiger partial charge on any atom is 0.275 e. The highest BCUT2D eigenvalue weighted by Crippen LogP contribution is 2.28. The van der Waals surface area contributed by atoms with E-state index in [2.05, 4.69) is 26.5 Å². The second-order valence-electron chi connectivity index (χ2n) is 6.19. The average molecular weight is 490 g/mol. The molecular weight excluding hydrogens is 472 g/mol. The average Bonchev–Trinajstić information content (AvgIpc) is 2.75. The Balaban J connectivity index is 1.64. The smallest absolute Gasteiger partial charge is 0.275 e. The van der Waals surface area contributed by atoms with Gasteiger partial charge in [-0.1, -0.05) is 39.7 Å². The zero-order valence-corrected chi connectivity index (χ0v) is 18.3. The summed E-state index contributed by atoms with van der Waals surface area (Å²) in [4.78, 5) is 12.2. The lowest BCUT2D eigenvalue weighted by Crippen LogP contribution is -2.17. The minimum Gasteiger partial charge on any atom is -0.507 e. The molecule has 0 spiro atoms. The second kappa shape index (κ2) is 10.1. The SMILES string of the molecule is COc1cc(/C=N/NC(=O)c2cc(Br)ccc2O)ccc1OCc1ccc(Cl)cc1. The number of methoxy groups -OCH3 is 1. The molecule has 0 atom stereocenters. The molecule has 3 aromatic rings. The standard InChI is InChI=1S/C22H18BrClN2O4/c1-29-21-10-15(4-9-20(21)30-13-14-2-6-17(24)7-3-14)12-25-26-22(28)18-11-16(23)5-8-19(18)27/h2-12,27H,13H2,1H3,(H,26,28)/b25-12+. The van der Waals surface area contributed by atoms with Crippen molar-refractivity contribution in [2.24, 2.45) is 5.10 Å². The number of phenolic OH excluding ortho intramolecular Hbond substituents is 1. The molecule has 0 radical (unpaired) electrons. The molecule has 0 aliphatic carbocycles. The van der Waals surface area contributed by atoms with Gasteiger partial charge in [-0.15, -0.1) is 0 Å². The van der Waals surface area contributed by atoms with E-state index in [9.17, 15) is 9.90 Å². The van der Waals surface area contributed by atoms with E-state index in [1.807, 2.05) is 12.1 Å². The van der Waals surface area contributed by atoms with Crippen LogP contribution in [0.15, 0.2) is 70.2 Å². The van der Waals surface area contributed by atoms with Gasteiger partial charge < -0.3 is 14.6 Å². The first-order valence-electron chi connectivity index (χ1n) is 8.83. The van der Waals surface area contributed by atoms with Crippen LogP contribution in [0.2, 0.25) is 5.02 Å². The summed E-state index contributed by atoms with van der Waals surface area (Å²) in [6.45, 7) is 0.368. The minimum atomic E-state index is -0.528. The fourth-order valence-electron chi connectivity index (χ4n) is 2.54. The molecule has 0 unspecified atom stereocenters. The molecule has 1 amide bonds. The Bertz CT molecular complexity index is 1070. The van der Waals surface area contributed by atoms with Crippen LogP contribution in [0.5, 0.6) is 17.2 Å². The number of rotatable bonds is 7. The number of phenols is 1. The van der Waals surface area contributed by atoms with E-state index in [-0.39, 0.29) is 11.3 Å². The Labute approximate surface area is 187 Å². The topological polar surface area (TPSA) is 80.2 Å². The Morgan fingerprint density at radius 2 is 1.90 bits per heavy atom. The van der Waals surface area contributed by atoms with Gasteiger partial charge in [0.2, 0.25) is 0 Å². The first-order valence-corrected chi connectivity index (χ1v) is 10.0. The van der Waals surface area contributed by atoms with Gasteiger partial charge in [0, 0.05) is 9.50 Å². The third-order valence-electron chi connectivity index (χ3n) is 4.08. The number of halogens is 2. The van der Waals surface area contributed by atoms with Crippen LogP contribution < -0.4 is 14.9 Å².